The molecule has 10 heteroatoms. The lowest BCUT2D eigenvalue weighted by molar-refractivity contribution is -0.137. The Kier molecular flexibility index (Phi) is 6.57. The second kappa shape index (κ2) is 9.15. The molecule has 0 aromatic heterocycles. The third kappa shape index (κ3) is 5.19. The van der Waals surface area contributed by atoms with Crippen LogP contribution in [-0.2, 0) is 20.9 Å². The van der Waals surface area contributed by atoms with Gasteiger partial charge in [-0.2, -0.15) is 0 Å². The number of piperidine rings is 1. The molecule has 0 saturated carbocycles. The molecule has 10 nitrogen and oxygen atoms in total. The summed E-state index contributed by atoms with van der Waals surface area (Å²) in [6.07, 6.45) is -0.217. The second-order valence-electron chi connectivity index (χ2n) is 8.27. The van der Waals surface area contributed by atoms with E-state index in [-0.39, 0.29) is 49.6 Å². The van der Waals surface area contributed by atoms with Crippen LogP contribution < -0.4 is 16.0 Å². The fourth-order valence-electron chi connectivity index (χ4n) is 3.96. The number of hydrogen-bond donors (Lipinski definition) is 4. The molecule has 0 bridgehead atoms. The zero-order valence-electron chi connectivity index (χ0n) is 17.4. The molecule has 166 valence electrons. The molecule has 2 unspecified atom stereocenters. The molecule has 2 aliphatic heterocycles. The maximum Gasteiger partial charge on any atom is 0.404 e. The van der Waals surface area contributed by atoms with E-state index >= 15 is 0 Å². The lowest BCUT2D eigenvalue weighted by atomic mass is 9.96. The van der Waals surface area contributed by atoms with E-state index in [1.165, 1.54) is 4.90 Å². The standard InChI is InChI=1S/C21H26N4O6/c1-11(2)7-12(9-22-21(30)31)18(27)23-14-3-4-15-13(8-14)10-25(20(15)29)16-5-6-17(26)24-19(16)28/h3-4,8,11-12,16,22H,5-7,9-10H2,1-2H3,(H,23,27)(H,30,31)(H,24,26,28). The first-order valence-electron chi connectivity index (χ1n) is 10.2. The van der Waals surface area contributed by atoms with E-state index in [0.717, 1.165) is 0 Å². The highest BCUT2D eigenvalue weighted by molar-refractivity contribution is 6.05. The van der Waals surface area contributed by atoms with Crippen LogP contribution in [0.4, 0.5) is 10.5 Å². The fourth-order valence-corrected chi connectivity index (χ4v) is 3.96. The van der Waals surface area contributed by atoms with Crippen molar-refractivity contribution in [2.75, 3.05) is 11.9 Å². The number of nitrogens with one attached hydrogen (secondary N) is 3. The van der Waals surface area contributed by atoms with Gasteiger partial charge in [0.25, 0.3) is 5.91 Å². The summed E-state index contributed by atoms with van der Waals surface area (Å²) in [4.78, 5) is 61.2. The Hall–Kier alpha value is -3.43. The van der Waals surface area contributed by atoms with Crippen LogP contribution in [0.25, 0.3) is 0 Å². The van der Waals surface area contributed by atoms with Crippen molar-refractivity contribution in [2.45, 2.75) is 45.7 Å². The van der Waals surface area contributed by atoms with Crippen molar-refractivity contribution in [3.8, 4) is 0 Å². The average molecular weight is 430 g/mol. The first-order chi connectivity index (χ1) is 14.7. The monoisotopic (exact) mass is 430 g/mol. The molecule has 3 rings (SSSR count). The zero-order valence-corrected chi connectivity index (χ0v) is 17.4. The van der Waals surface area contributed by atoms with Gasteiger partial charge in [0, 0.05) is 30.8 Å². The fraction of sp³-hybridized carbons (Fsp3) is 0.476. The van der Waals surface area contributed by atoms with E-state index in [0.29, 0.717) is 23.2 Å². The van der Waals surface area contributed by atoms with Crippen molar-refractivity contribution in [3.05, 3.63) is 29.3 Å². The summed E-state index contributed by atoms with van der Waals surface area (Å²) in [5, 5.41) is 16.2. The van der Waals surface area contributed by atoms with Crippen LogP contribution in [-0.4, -0.2) is 52.3 Å². The van der Waals surface area contributed by atoms with Gasteiger partial charge in [0.05, 0.1) is 5.92 Å². The third-order valence-electron chi connectivity index (χ3n) is 5.42. The maximum absolute atomic E-state index is 12.7. The summed E-state index contributed by atoms with van der Waals surface area (Å²) in [5.41, 5.74) is 1.62. The van der Waals surface area contributed by atoms with Gasteiger partial charge in [-0.25, -0.2) is 4.79 Å². The molecule has 0 radical (unpaired) electrons. The molecular formula is C21H26N4O6. The zero-order chi connectivity index (χ0) is 22.7. The van der Waals surface area contributed by atoms with Gasteiger partial charge in [-0.3, -0.25) is 24.5 Å². The predicted molar refractivity (Wildman–Crippen MR) is 110 cm³/mol. The highest BCUT2D eigenvalue weighted by Crippen LogP contribution is 2.29. The van der Waals surface area contributed by atoms with E-state index in [1.54, 1.807) is 18.2 Å². The van der Waals surface area contributed by atoms with Gasteiger partial charge < -0.3 is 20.6 Å². The minimum atomic E-state index is -1.19. The third-order valence-corrected chi connectivity index (χ3v) is 5.42. The molecule has 0 spiro atoms. The molecule has 2 aliphatic rings. The van der Waals surface area contributed by atoms with Crippen LogP contribution in [0.2, 0.25) is 0 Å². The Morgan fingerprint density at radius 3 is 2.65 bits per heavy atom. The minimum Gasteiger partial charge on any atom is -0.465 e. The quantitative estimate of drug-likeness (QED) is 0.480. The van der Waals surface area contributed by atoms with Crippen LogP contribution in [0.1, 0.15) is 49.0 Å². The van der Waals surface area contributed by atoms with Gasteiger partial charge in [-0.1, -0.05) is 13.8 Å². The summed E-state index contributed by atoms with van der Waals surface area (Å²) in [6, 6.07) is 4.20. The Morgan fingerprint density at radius 1 is 1.26 bits per heavy atom. The van der Waals surface area contributed by atoms with Crippen LogP contribution in [0.5, 0.6) is 0 Å². The number of carbonyl (C=O) groups is 5. The first kappa shape index (κ1) is 22.3. The van der Waals surface area contributed by atoms with Gasteiger partial charge in [0.15, 0.2) is 0 Å². The number of nitrogens with zero attached hydrogens (tertiary/aromatic N) is 1. The number of benzene rings is 1. The predicted octanol–water partition coefficient (Wildman–Crippen LogP) is 1.32. The smallest absolute Gasteiger partial charge is 0.404 e. The lowest BCUT2D eigenvalue weighted by Gasteiger charge is -2.29. The maximum atomic E-state index is 12.7. The highest BCUT2D eigenvalue weighted by Gasteiger charge is 2.39. The lowest BCUT2D eigenvalue weighted by Crippen LogP contribution is -2.52. The molecule has 1 saturated heterocycles. The van der Waals surface area contributed by atoms with Gasteiger partial charge in [0.2, 0.25) is 17.7 Å². The molecule has 31 heavy (non-hydrogen) atoms. The van der Waals surface area contributed by atoms with Crippen LogP contribution in [0.3, 0.4) is 0 Å². The Labute approximate surface area is 179 Å². The Bertz CT molecular complexity index is 928. The van der Waals surface area contributed by atoms with E-state index in [1.807, 2.05) is 13.8 Å². The van der Waals surface area contributed by atoms with Crippen LogP contribution in [0, 0.1) is 11.8 Å². The van der Waals surface area contributed by atoms with E-state index in [9.17, 15) is 24.0 Å². The summed E-state index contributed by atoms with van der Waals surface area (Å²) in [6.45, 7) is 4.11. The summed E-state index contributed by atoms with van der Waals surface area (Å²) in [7, 11) is 0. The molecule has 2 heterocycles. The van der Waals surface area contributed by atoms with Crippen molar-refractivity contribution in [1.82, 2.24) is 15.5 Å². The SMILES string of the molecule is CC(C)CC(CNC(=O)O)C(=O)Nc1ccc2c(c1)CN(C1CCC(=O)NC1=O)C2=O. The van der Waals surface area contributed by atoms with E-state index in [2.05, 4.69) is 16.0 Å². The molecule has 0 aliphatic carbocycles. The molecule has 1 aromatic rings. The van der Waals surface area contributed by atoms with Gasteiger partial charge in [-0.15, -0.1) is 0 Å². The van der Waals surface area contributed by atoms with Crippen molar-refractivity contribution in [1.29, 1.82) is 0 Å². The second-order valence-corrected chi connectivity index (χ2v) is 8.27. The Balaban J connectivity index is 1.70. The number of anilines is 1. The number of carbonyl (C=O) groups excluding carboxylic acids is 4. The number of fused-ring (bicyclic) bond motifs is 1. The minimum absolute atomic E-state index is 0.00601. The highest BCUT2D eigenvalue weighted by atomic mass is 16.4. The average Bonchev–Trinajstić information content (AvgIpc) is 3.00. The van der Waals surface area contributed by atoms with Crippen molar-refractivity contribution in [2.24, 2.45) is 11.8 Å². The van der Waals surface area contributed by atoms with Gasteiger partial charge >= 0.3 is 6.09 Å². The first-order valence-corrected chi connectivity index (χ1v) is 10.2. The van der Waals surface area contributed by atoms with Crippen molar-refractivity contribution >= 4 is 35.4 Å². The van der Waals surface area contributed by atoms with Crippen LogP contribution in [0.15, 0.2) is 18.2 Å². The number of hydrogen-bond acceptors (Lipinski definition) is 5. The number of amides is 5. The number of carboxylic acid groups (broad SMARTS) is 1. The number of rotatable bonds is 7. The Morgan fingerprint density at radius 2 is 2.00 bits per heavy atom. The molecule has 5 amide bonds. The van der Waals surface area contributed by atoms with Crippen molar-refractivity contribution < 1.29 is 29.1 Å². The summed E-state index contributed by atoms with van der Waals surface area (Å²) < 4.78 is 0. The van der Waals surface area contributed by atoms with Crippen LogP contribution >= 0.6 is 0 Å². The van der Waals surface area contributed by atoms with Gasteiger partial charge in [0.1, 0.15) is 6.04 Å². The summed E-state index contributed by atoms with van der Waals surface area (Å²) in [5.74, 6) is -1.76. The van der Waals surface area contributed by atoms with Gasteiger partial charge in [-0.05, 0) is 42.5 Å². The summed E-state index contributed by atoms with van der Waals surface area (Å²) >= 11 is 0. The molecule has 2 atom stereocenters. The normalized spacial score (nSPS) is 19.1. The molecular weight excluding hydrogens is 404 g/mol. The largest absolute Gasteiger partial charge is 0.465 e. The van der Waals surface area contributed by atoms with Crippen molar-refractivity contribution in [3.63, 3.8) is 0 Å². The number of imide groups is 1. The van der Waals surface area contributed by atoms with E-state index < -0.39 is 24.0 Å². The molecule has 1 aromatic carbocycles. The topological polar surface area (TPSA) is 145 Å². The molecule has 4 N–H and O–H groups in total. The molecule has 1 fully saturated rings. The van der Waals surface area contributed by atoms with E-state index in [4.69, 9.17) is 5.11 Å².